The van der Waals surface area contributed by atoms with E-state index in [-0.39, 0.29) is 23.6 Å². The fourth-order valence-corrected chi connectivity index (χ4v) is 5.43. The standard InChI is InChI=1S/C36H38N2O6/c1-21(38-35(40)33-34(30(42-3)18-19-37-33)44-31(39)20-23-4-5-23)36(41)43-22(2)32(28-14-10-26(11-15-28)24-6-7-24)29-16-12-27(13-17-29)25-8-9-25/h10-19,21,23-25H,4-9,20H2,1-3H3,(H,38,40). The largest absolute Gasteiger partial charge is 0.493 e. The van der Waals surface area contributed by atoms with Gasteiger partial charge in [-0.15, -0.1) is 0 Å². The van der Waals surface area contributed by atoms with Crippen LogP contribution in [-0.2, 0) is 14.3 Å². The number of nitrogens with one attached hydrogen (secondary N) is 1. The molecule has 1 unspecified atom stereocenters. The Balaban J connectivity index is 1.20. The maximum absolute atomic E-state index is 13.3. The minimum atomic E-state index is -1.02. The first-order chi connectivity index (χ1) is 21.3. The van der Waals surface area contributed by atoms with Crippen LogP contribution in [-0.4, -0.2) is 36.0 Å². The Hall–Kier alpha value is -4.46. The number of ether oxygens (including phenoxy) is 3. The van der Waals surface area contributed by atoms with Crippen LogP contribution < -0.4 is 14.8 Å². The molecule has 44 heavy (non-hydrogen) atoms. The van der Waals surface area contributed by atoms with Gasteiger partial charge >= 0.3 is 11.9 Å². The van der Waals surface area contributed by atoms with E-state index in [1.807, 2.05) is 0 Å². The lowest BCUT2D eigenvalue weighted by molar-refractivity contribution is -0.141. The second kappa shape index (κ2) is 12.6. The van der Waals surface area contributed by atoms with Crippen molar-refractivity contribution in [2.45, 2.75) is 76.7 Å². The van der Waals surface area contributed by atoms with Crippen LogP contribution in [0.4, 0.5) is 0 Å². The van der Waals surface area contributed by atoms with Crippen LogP contribution >= 0.6 is 0 Å². The van der Waals surface area contributed by atoms with Crippen LogP contribution in [0, 0.1) is 5.92 Å². The van der Waals surface area contributed by atoms with Crippen LogP contribution in [0.1, 0.15) is 103 Å². The smallest absolute Gasteiger partial charge is 0.333 e. The molecule has 228 valence electrons. The van der Waals surface area contributed by atoms with Crippen LogP contribution in [0.3, 0.4) is 0 Å². The van der Waals surface area contributed by atoms with Gasteiger partial charge in [0, 0.05) is 24.3 Å². The fraction of sp³-hybridized carbons (Fsp3) is 0.389. The zero-order valence-electron chi connectivity index (χ0n) is 25.4. The van der Waals surface area contributed by atoms with Gasteiger partial charge in [-0.25, -0.2) is 9.78 Å². The van der Waals surface area contributed by atoms with Crippen LogP contribution in [0.5, 0.6) is 11.5 Å². The molecule has 1 heterocycles. The lowest BCUT2D eigenvalue weighted by atomic mass is 9.94. The van der Waals surface area contributed by atoms with Crippen LogP contribution in [0.15, 0.2) is 66.6 Å². The van der Waals surface area contributed by atoms with E-state index in [0.717, 1.165) is 29.5 Å². The molecule has 3 fully saturated rings. The minimum absolute atomic E-state index is 0.0682. The number of nitrogens with zero attached hydrogens (tertiary/aromatic N) is 1. The van der Waals surface area contributed by atoms with E-state index in [1.54, 1.807) is 13.8 Å². The summed E-state index contributed by atoms with van der Waals surface area (Å²) in [4.78, 5) is 43.2. The molecule has 0 aliphatic heterocycles. The zero-order valence-corrected chi connectivity index (χ0v) is 25.4. The first-order valence-corrected chi connectivity index (χ1v) is 15.5. The monoisotopic (exact) mass is 594 g/mol. The number of carbonyl (C=O) groups excluding carboxylic acids is 3. The van der Waals surface area contributed by atoms with E-state index in [4.69, 9.17) is 14.2 Å². The Bertz CT molecular complexity index is 1520. The van der Waals surface area contributed by atoms with Crippen molar-refractivity contribution >= 4 is 23.4 Å². The van der Waals surface area contributed by atoms with Gasteiger partial charge in [-0.2, -0.15) is 0 Å². The summed E-state index contributed by atoms with van der Waals surface area (Å²) in [5, 5.41) is 2.65. The Morgan fingerprint density at radius 3 is 1.93 bits per heavy atom. The average molecular weight is 595 g/mol. The Labute approximate surface area is 257 Å². The third-order valence-electron chi connectivity index (χ3n) is 8.47. The van der Waals surface area contributed by atoms with Crippen LogP contribution in [0.25, 0.3) is 5.57 Å². The normalized spacial score (nSPS) is 16.4. The van der Waals surface area contributed by atoms with Gasteiger partial charge < -0.3 is 19.5 Å². The summed E-state index contributed by atoms with van der Waals surface area (Å²) >= 11 is 0. The van der Waals surface area contributed by atoms with Gasteiger partial charge in [-0.1, -0.05) is 48.5 Å². The highest BCUT2D eigenvalue weighted by atomic mass is 16.6. The molecule has 0 spiro atoms. The van der Waals surface area contributed by atoms with Crippen molar-refractivity contribution in [3.05, 3.63) is 94.5 Å². The molecule has 3 aliphatic rings. The van der Waals surface area contributed by atoms with E-state index in [2.05, 4.69) is 58.8 Å². The molecule has 2 aromatic carbocycles. The summed E-state index contributed by atoms with van der Waals surface area (Å²) in [6.07, 6.45) is 8.51. The van der Waals surface area contributed by atoms with Gasteiger partial charge in [0.25, 0.3) is 5.91 Å². The first-order valence-electron chi connectivity index (χ1n) is 15.5. The molecule has 3 saturated carbocycles. The summed E-state index contributed by atoms with van der Waals surface area (Å²) in [6, 6.07) is 17.4. The highest BCUT2D eigenvalue weighted by molar-refractivity contribution is 5.99. The second-order valence-corrected chi connectivity index (χ2v) is 12.2. The number of methoxy groups -OCH3 is 1. The number of amides is 1. The Morgan fingerprint density at radius 2 is 1.43 bits per heavy atom. The van der Waals surface area contributed by atoms with E-state index >= 15 is 0 Å². The van der Waals surface area contributed by atoms with Crippen LogP contribution in [0.2, 0.25) is 0 Å². The summed E-state index contributed by atoms with van der Waals surface area (Å²) in [5.41, 5.74) is 5.23. The first kappa shape index (κ1) is 29.6. The molecular weight excluding hydrogens is 556 g/mol. The molecule has 0 saturated heterocycles. The molecule has 3 aromatic rings. The number of benzene rings is 2. The lowest BCUT2D eigenvalue weighted by Crippen LogP contribution is -2.40. The minimum Gasteiger partial charge on any atom is -0.493 e. The topological polar surface area (TPSA) is 104 Å². The number of allylic oxidation sites excluding steroid dienone is 1. The summed E-state index contributed by atoms with van der Waals surface area (Å²) in [6.45, 7) is 3.31. The molecule has 3 aliphatic carbocycles. The van der Waals surface area contributed by atoms with Crippen molar-refractivity contribution in [1.82, 2.24) is 10.3 Å². The molecule has 1 aromatic heterocycles. The van der Waals surface area contributed by atoms with Gasteiger partial charge in [0.2, 0.25) is 5.75 Å². The molecule has 1 N–H and O–H groups in total. The number of esters is 2. The number of pyridine rings is 1. The highest BCUT2D eigenvalue weighted by Gasteiger charge is 2.30. The van der Waals surface area contributed by atoms with Crippen molar-refractivity contribution in [3.63, 3.8) is 0 Å². The van der Waals surface area contributed by atoms with Gasteiger partial charge in [0.05, 0.1) is 7.11 Å². The van der Waals surface area contributed by atoms with Crippen molar-refractivity contribution in [2.75, 3.05) is 7.11 Å². The van der Waals surface area contributed by atoms with E-state index in [0.29, 0.717) is 23.5 Å². The molecule has 0 bridgehead atoms. The Kier molecular flexibility index (Phi) is 8.51. The Morgan fingerprint density at radius 1 is 0.864 bits per heavy atom. The summed E-state index contributed by atoms with van der Waals surface area (Å²) in [5.74, 6) is 0.384. The third kappa shape index (κ3) is 7.01. The van der Waals surface area contributed by atoms with Gasteiger partial charge in [-0.3, -0.25) is 9.59 Å². The van der Waals surface area contributed by atoms with Gasteiger partial charge in [0.1, 0.15) is 11.8 Å². The SMILES string of the molecule is COc1ccnc(C(=O)NC(C)C(=O)OC(C)=C(c2ccc(C3CC3)cc2)c2ccc(C3CC3)cc2)c1OC(=O)CC1CC1. The highest BCUT2D eigenvalue weighted by Crippen LogP contribution is 2.42. The second-order valence-electron chi connectivity index (χ2n) is 12.2. The van der Waals surface area contributed by atoms with Gasteiger partial charge in [0.15, 0.2) is 11.4 Å². The molecule has 8 nitrogen and oxygen atoms in total. The van der Waals surface area contributed by atoms with E-state index in [1.165, 1.54) is 56.2 Å². The molecule has 8 heteroatoms. The molecule has 1 atom stereocenters. The van der Waals surface area contributed by atoms with Crippen molar-refractivity contribution in [2.24, 2.45) is 5.92 Å². The number of hydrogen-bond acceptors (Lipinski definition) is 7. The third-order valence-corrected chi connectivity index (χ3v) is 8.47. The quantitative estimate of drug-likeness (QED) is 0.184. The number of carbonyl (C=O) groups is 3. The summed E-state index contributed by atoms with van der Waals surface area (Å²) in [7, 11) is 1.42. The zero-order chi connectivity index (χ0) is 30.8. The fourth-order valence-electron chi connectivity index (χ4n) is 5.43. The number of rotatable bonds is 12. The average Bonchev–Trinajstić information content (AvgIpc) is 3.86. The predicted octanol–water partition coefficient (Wildman–Crippen LogP) is 6.69. The molecule has 1 amide bonds. The van der Waals surface area contributed by atoms with E-state index < -0.39 is 23.9 Å². The lowest BCUT2D eigenvalue weighted by Gasteiger charge is -2.18. The number of aromatic nitrogens is 1. The molecular formula is C36H38N2O6. The predicted molar refractivity (Wildman–Crippen MR) is 165 cm³/mol. The van der Waals surface area contributed by atoms with Crippen molar-refractivity contribution in [1.29, 1.82) is 0 Å². The summed E-state index contributed by atoms with van der Waals surface area (Å²) < 4.78 is 16.7. The molecule has 0 radical (unpaired) electrons. The van der Waals surface area contributed by atoms with E-state index in [9.17, 15) is 14.4 Å². The maximum atomic E-state index is 13.3. The van der Waals surface area contributed by atoms with Crippen molar-refractivity contribution in [3.8, 4) is 11.5 Å². The number of hydrogen-bond donors (Lipinski definition) is 1. The molecule has 6 rings (SSSR count). The van der Waals surface area contributed by atoms with Crippen molar-refractivity contribution < 1.29 is 28.6 Å². The maximum Gasteiger partial charge on any atom is 0.333 e. The van der Waals surface area contributed by atoms with Gasteiger partial charge in [-0.05, 0) is 92.4 Å².